The number of amidine groups is 1. The number of anilines is 1. The van der Waals surface area contributed by atoms with Crippen molar-refractivity contribution in [2.24, 2.45) is 4.99 Å². The largest absolute Gasteiger partial charge is 0.396 e. The number of carbonyl (C=O) groups is 1. The molecule has 0 saturated heterocycles. The average Bonchev–Trinajstić information content (AvgIpc) is 3.09. The van der Waals surface area contributed by atoms with Gasteiger partial charge < -0.3 is 15.1 Å². The Bertz CT molecular complexity index is 1150. The van der Waals surface area contributed by atoms with Gasteiger partial charge >= 0.3 is 0 Å². The molecule has 164 valence electrons. The van der Waals surface area contributed by atoms with Gasteiger partial charge in [-0.1, -0.05) is 12.1 Å². The maximum Gasteiger partial charge on any atom is 0.278 e. The molecule has 1 amide bonds. The van der Waals surface area contributed by atoms with E-state index < -0.39 is 5.60 Å². The topological polar surface area (TPSA) is 98.9 Å². The van der Waals surface area contributed by atoms with Crippen LogP contribution < -0.4 is 4.90 Å². The van der Waals surface area contributed by atoms with Crippen LogP contribution in [0.3, 0.4) is 0 Å². The van der Waals surface area contributed by atoms with Crippen LogP contribution in [-0.4, -0.2) is 50.7 Å². The first-order valence-electron chi connectivity index (χ1n) is 10.5. The van der Waals surface area contributed by atoms with Crippen LogP contribution in [0.4, 0.5) is 5.69 Å². The highest BCUT2D eigenvalue weighted by Crippen LogP contribution is 2.32. The number of pyridine rings is 2. The zero-order chi connectivity index (χ0) is 22.7. The van der Waals surface area contributed by atoms with E-state index in [2.05, 4.69) is 15.0 Å². The zero-order valence-corrected chi connectivity index (χ0v) is 18.2. The molecule has 7 nitrogen and oxygen atoms in total. The molecule has 1 aliphatic rings. The van der Waals surface area contributed by atoms with Gasteiger partial charge in [-0.05, 0) is 61.7 Å². The van der Waals surface area contributed by atoms with E-state index in [0.717, 1.165) is 22.4 Å². The molecule has 32 heavy (non-hydrogen) atoms. The SMILES string of the molecule is CC(C)(O)CN1C(=NC(=O)c2ccnc(-c3cccnc3)c2)Cc2cc(CCO)ccc21. The lowest BCUT2D eigenvalue weighted by Gasteiger charge is -2.28. The summed E-state index contributed by atoms with van der Waals surface area (Å²) in [6, 6.07) is 13.0. The van der Waals surface area contributed by atoms with E-state index in [1.54, 1.807) is 44.6 Å². The molecule has 0 fully saturated rings. The number of β-amino-alcohol motifs (C(OH)–C–C–N with tert-alkyl or cyclic N) is 1. The van der Waals surface area contributed by atoms with Crippen molar-refractivity contribution in [3.8, 4) is 11.3 Å². The molecule has 1 aliphatic heterocycles. The van der Waals surface area contributed by atoms with Crippen LogP contribution in [0.1, 0.15) is 35.3 Å². The minimum atomic E-state index is -0.973. The molecule has 2 aromatic heterocycles. The number of aliphatic imine (C=N–C) groups is 1. The predicted octanol–water partition coefficient (Wildman–Crippen LogP) is 3.05. The Kier molecular flexibility index (Phi) is 6.12. The van der Waals surface area contributed by atoms with E-state index in [0.29, 0.717) is 36.5 Å². The average molecular weight is 431 g/mol. The first-order chi connectivity index (χ1) is 15.3. The maximum absolute atomic E-state index is 13.1. The van der Waals surface area contributed by atoms with Gasteiger partial charge in [0.15, 0.2) is 0 Å². The highest BCUT2D eigenvalue weighted by Gasteiger charge is 2.30. The van der Waals surface area contributed by atoms with Gasteiger partial charge in [0.05, 0.1) is 17.8 Å². The standard InChI is InChI=1S/C25H26N4O3/c1-25(2,32)16-29-22-6-5-17(8-11-30)12-20(22)14-23(29)28-24(31)18-7-10-27-21(13-18)19-4-3-9-26-15-19/h3-7,9-10,12-13,15,30,32H,8,11,14,16H2,1-2H3. The lowest BCUT2D eigenvalue weighted by molar-refractivity contribution is 0.0901. The molecule has 0 atom stereocenters. The number of carbonyl (C=O) groups excluding carboxylic acids is 1. The number of hydrogen-bond acceptors (Lipinski definition) is 5. The Labute approximate surface area is 187 Å². The van der Waals surface area contributed by atoms with E-state index in [4.69, 9.17) is 0 Å². The molecule has 0 saturated carbocycles. The number of rotatable bonds is 6. The molecule has 0 radical (unpaired) electrons. The summed E-state index contributed by atoms with van der Waals surface area (Å²) in [5.41, 5.74) is 3.91. The molecular formula is C25H26N4O3. The van der Waals surface area contributed by atoms with E-state index in [9.17, 15) is 15.0 Å². The van der Waals surface area contributed by atoms with Crippen LogP contribution in [-0.2, 0) is 12.8 Å². The summed E-state index contributed by atoms with van der Waals surface area (Å²) >= 11 is 0. The van der Waals surface area contributed by atoms with Crippen molar-refractivity contribution in [3.05, 3.63) is 77.7 Å². The van der Waals surface area contributed by atoms with Crippen molar-refractivity contribution in [2.45, 2.75) is 32.3 Å². The molecule has 0 spiro atoms. The smallest absolute Gasteiger partial charge is 0.278 e. The van der Waals surface area contributed by atoms with Crippen molar-refractivity contribution >= 4 is 17.4 Å². The number of aliphatic hydroxyl groups is 2. The first kappa shape index (κ1) is 21.8. The Morgan fingerprint density at radius 2 is 2.03 bits per heavy atom. The summed E-state index contributed by atoms with van der Waals surface area (Å²) in [5.74, 6) is 0.227. The fraction of sp³-hybridized carbons (Fsp3) is 0.280. The van der Waals surface area contributed by atoms with Crippen LogP contribution in [0.2, 0.25) is 0 Å². The predicted molar refractivity (Wildman–Crippen MR) is 124 cm³/mol. The molecule has 0 bridgehead atoms. The number of benzene rings is 1. The molecule has 3 aromatic rings. The molecule has 2 N–H and O–H groups in total. The minimum Gasteiger partial charge on any atom is -0.396 e. The summed E-state index contributed by atoms with van der Waals surface area (Å²) in [6.07, 6.45) is 6.03. The van der Waals surface area contributed by atoms with Crippen LogP contribution in [0.15, 0.2) is 66.0 Å². The van der Waals surface area contributed by atoms with Crippen molar-refractivity contribution < 1.29 is 15.0 Å². The summed E-state index contributed by atoms with van der Waals surface area (Å²) in [5, 5.41) is 19.7. The molecule has 7 heteroatoms. The maximum atomic E-state index is 13.1. The quantitative estimate of drug-likeness (QED) is 0.624. The number of amides is 1. The molecular weight excluding hydrogens is 404 g/mol. The number of nitrogens with zero attached hydrogens (tertiary/aromatic N) is 4. The molecule has 4 rings (SSSR count). The third-order valence-corrected chi connectivity index (χ3v) is 5.24. The van der Waals surface area contributed by atoms with Crippen molar-refractivity contribution in [1.82, 2.24) is 9.97 Å². The van der Waals surface area contributed by atoms with Crippen molar-refractivity contribution in [2.75, 3.05) is 18.1 Å². The molecule has 1 aromatic carbocycles. The van der Waals surface area contributed by atoms with Gasteiger partial charge in [0.25, 0.3) is 5.91 Å². The Hall–Kier alpha value is -3.42. The van der Waals surface area contributed by atoms with Crippen molar-refractivity contribution in [1.29, 1.82) is 0 Å². The van der Waals surface area contributed by atoms with Crippen LogP contribution >= 0.6 is 0 Å². The summed E-state index contributed by atoms with van der Waals surface area (Å²) in [7, 11) is 0. The van der Waals surface area contributed by atoms with Crippen LogP contribution in [0.25, 0.3) is 11.3 Å². The summed E-state index contributed by atoms with van der Waals surface area (Å²) in [4.78, 5) is 27.9. The highest BCUT2D eigenvalue weighted by atomic mass is 16.3. The third-order valence-electron chi connectivity index (χ3n) is 5.24. The second-order valence-electron chi connectivity index (χ2n) is 8.52. The zero-order valence-electron chi connectivity index (χ0n) is 18.2. The minimum absolute atomic E-state index is 0.0763. The van der Waals surface area contributed by atoms with E-state index in [1.807, 2.05) is 35.2 Å². The number of fused-ring (bicyclic) bond motifs is 1. The summed E-state index contributed by atoms with van der Waals surface area (Å²) in [6.45, 7) is 3.84. The highest BCUT2D eigenvalue weighted by molar-refractivity contribution is 6.12. The van der Waals surface area contributed by atoms with Gasteiger partial charge in [-0.25, -0.2) is 0 Å². The van der Waals surface area contributed by atoms with E-state index >= 15 is 0 Å². The fourth-order valence-electron chi connectivity index (χ4n) is 3.81. The van der Waals surface area contributed by atoms with E-state index in [1.165, 1.54) is 0 Å². The Balaban J connectivity index is 1.66. The van der Waals surface area contributed by atoms with Crippen molar-refractivity contribution in [3.63, 3.8) is 0 Å². The normalized spacial score (nSPS) is 14.6. The molecule has 0 unspecified atom stereocenters. The molecule has 3 heterocycles. The lowest BCUT2D eigenvalue weighted by atomic mass is 10.1. The van der Waals surface area contributed by atoms with Gasteiger partial charge in [-0.2, -0.15) is 4.99 Å². The van der Waals surface area contributed by atoms with Gasteiger partial charge in [0, 0.05) is 48.4 Å². The second-order valence-corrected chi connectivity index (χ2v) is 8.52. The number of hydrogen-bond donors (Lipinski definition) is 2. The lowest BCUT2D eigenvalue weighted by Crippen LogP contribution is -2.40. The second kappa shape index (κ2) is 8.98. The number of aliphatic hydroxyl groups excluding tert-OH is 1. The van der Waals surface area contributed by atoms with Gasteiger partial charge in [0.2, 0.25) is 0 Å². The van der Waals surface area contributed by atoms with Gasteiger partial charge in [0.1, 0.15) is 5.84 Å². The first-order valence-corrected chi connectivity index (χ1v) is 10.5. The Morgan fingerprint density at radius 3 is 2.75 bits per heavy atom. The Morgan fingerprint density at radius 1 is 1.19 bits per heavy atom. The number of aromatic nitrogens is 2. The third kappa shape index (κ3) is 4.90. The van der Waals surface area contributed by atoms with E-state index in [-0.39, 0.29) is 12.5 Å². The molecule has 0 aliphatic carbocycles. The monoisotopic (exact) mass is 430 g/mol. The van der Waals surface area contributed by atoms with Gasteiger partial charge in [-0.3, -0.25) is 14.8 Å². The van der Waals surface area contributed by atoms with Crippen LogP contribution in [0, 0.1) is 0 Å². The van der Waals surface area contributed by atoms with Crippen LogP contribution in [0.5, 0.6) is 0 Å². The summed E-state index contributed by atoms with van der Waals surface area (Å²) < 4.78 is 0. The fourth-order valence-corrected chi connectivity index (χ4v) is 3.81. The van der Waals surface area contributed by atoms with Gasteiger partial charge in [-0.15, -0.1) is 0 Å².